The van der Waals surface area contributed by atoms with Crippen molar-refractivity contribution in [1.82, 2.24) is 15.1 Å². The van der Waals surface area contributed by atoms with E-state index in [2.05, 4.69) is 5.32 Å². The van der Waals surface area contributed by atoms with Crippen LogP contribution in [-0.2, 0) is 4.79 Å². The molecular formula is C31H33N3O4. The van der Waals surface area contributed by atoms with Gasteiger partial charge >= 0.3 is 0 Å². The third-order valence-corrected chi connectivity index (χ3v) is 7.19. The van der Waals surface area contributed by atoms with Gasteiger partial charge in [-0.05, 0) is 17.7 Å². The lowest BCUT2D eigenvalue weighted by Gasteiger charge is -2.43. The van der Waals surface area contributed by atoms with Gasteiger partial charge in [0.1, 0.15) is 0 Å². The molecule has 7 nitrogen and oxygen atoms in total. The average molecular weight is 512 g/mol. The number of hydrogen-bond acceptors (Lipinski definition) is 5. The molecule has 1 fully saturated rings. The molecule has 0 aromatic heterocycles. The third-order valence-electron chi connectivity index (χ3n) is 7.19. The van der Waals surface area contributed by atoms with Gasteiger partial charge in [-0.15, -0.1) is 0 Å². The first kappa shape index (κ1) is 26.9. The number of hydrogen-bond donors (Lipinski definition) is 1. The predicted octanol–water partition coefficient (Wildman–Crippen LogP) is 3.53. The molecule has 2 amide bonds. The Morgan fingerprint density at radius 1 is 0.763 bits per heavy atom. The number of Topliss-reactive ketones (excluding diaryl/α,β-unsaturated/α-hetero) is 2. The second kappa shape index (κ2) is 12.0. The molecule has 7 heteroatoms. The van der Waals surface area contributed by atoms with Crippen LogP contribution in [0.2, 0.25) is 0 Å². The number of amides is 2. The summed E-state index contributed by atoms with van der Waals surface area (Å²) in [5.74, 6) is -2.19. The van der Waals surface area contributed by atoms with Gasteiger partial charge < -0.3 is 10.2 Å². The summed E-state index contributed by atoms with van der Waals surface area (Å²) in [4.78, 5) is 56.6. The molecule has 0 spiro atoms. The zero-order valence-electron chi connectivity index (χ0n) is 22.0. The molecule has 0 aliphatic carbocycles. The largest absolute Gasteiger partial charge is 0.355 e. The summed E-state index contributed by atoms with van der Waals surface area (Å²) in [6.45, 7) is 0.747. The van der Waals surface area contributed by atoms with Crippen molar-refractivity contribution in [3.05, 3.63) is 107 Å². The molecule has 4 rings (SSSR count). The highest BCUT2D eigenvalue weighted by molar-refractivity contribution is 6.02. The number of carbonyl (C=O) groups excluding carboxylic acids is 4. The molecule has 1 unspecified atom stereocenters. The van der Waals surface area contributed by atoms with Gasteiger partial charge in [0.25, 0.3) is 5.91 Å². The van der Waals surface area contributed by atoms with Crippen molar-refractivity contribution >= 4 is 23.4 Å². The van der Waals surface area contributed by atoms with Crippen molar-refractivity contribution in [1.29, 1.82) is 0 Å². The standard InChI is InChI=1S/C31H33N3O4/c1-32-31(38)24-16-10-15-23(17-24)28-25(29(36)21-11-6-4-7-12-21)18-34(20-27(35)33(2)3)19-26(28)30(37)22-13-8-5-9-14-22/h4-17,25-26,28H,18-20H2,1-3H3,(H,32,38)/t25-,26+,28?. The van der Waals surface area contributed by atoms with Crippen LogP contribution in [0.5, 0.6) is 0 Å². The smallest absolute Gasteiger partial charge is 0.251 e. The summed E-state index contributed by atoms with van der Waals surface area (Å²) >= 11 is 0. The van der Waals surface area contributed by atoms with E-state index in [0.717, 1.165) is 5.56 Å². The van der Waals surface area contributed by atoms with Crippen molar-refractivity contribution in [3.8, 4) is 0 Å². The highest BCUT2D eigenvalue weighted by Crippen LogP contribution is 2.41. The van der Waals surface area contributed by atoms with E-state index in [4.69, 9.17) is 0 Å². The number of likely N-dealkylation sites (tertiary alicyclic amines) is 1. The fourth-order valence-corrected chi connectivity index (χ4v) is 5.22. The second-order valence-corrected chi connectivity index (χ2v) is 9.89. The maximum atomic E-state index is 14.0. The van der Waals surface area contributed by atoms with E-state index >= 15 is 0 Å². The first-order valence-electron chi connectivity index (χ1n) is 12.7. The van der Waals surface area contributed by atoms with Gasteiger partial charge in [-0.2, -0.15) is 0 Å². The maximum Gasteiger partial charge on any atom is 0.251 e. The minimum absolute atomic E-state index is 0.0891. The number of benzene rings is 3. The molecule has 1 saturated heterocycles. The van der Waals surface area contributed by atoms with Crippen LogP contribution in [0.25, 0.3) is 0 Å². The van der Waals surface area contributed by atoms with E-state index in [1.54, 1.807) is 63.6 Å². The number of piperidine rings is 1. The molecule has 0 bridgehead atoms. The van der Waals surface area contributed by atoms with Crippen molar-refractivity contribution in [3.63, 3.8) is 0 Å². The molecule has 1 N–H and O–H groups in total. The summed E-state index contributed by atoms with van der Waals surface area (Å²) in [6.07, 6.45) is 0. The summed E-state index contributed by atoms with van der Waals surface area (Å²) in [5, 5.41) is 2.65. The quantitative estimate of drug-likeness (QED) is 0.468. The van der Waals surface area contributed by atoms with E-state index in [9.17, 15) is 19.2 Å². The average Bonchev–Trinajstić information content (AvgIpc) is 2.96. The van der Waals surface area contributed by atoms with Crippen molar-refractivity contribution in [2.24, 2.45) is 11.8 Å². The molecule has 38 heavy (non-hydrogen) atoms. The summed E-state index contributed by atoms with van der Waals surface area (Å²) in [6, 6.07) is 25.2. The molecule has 1 heterocycles. The highest BCUT2D eigenvalue weighted by atomic mass is 16.2. The lowest BCUT2D eigenvalue weighted by atomic mass is 9.68. The molecule has 3 aromatic rings. The topological polar surface area (TPSA) is 86.8 Å². The van der Waals surface area contributed by atoms with E-state index < -0.39 is 17.8 Å². The number of ketones is 2. The third kappa shape index (κ3) is 5.89. The predicted molar refractivity (Wildman–Crippen MR) is 146 cm³/mol. The molecule has 196 valence electrons. The van der Waals surface area contributed by atoms with Gasteiger partial charge in [0, 0.05) is 68.7 Å². The van der Waals surface area contributed by atoms with Crippen molar-refractivity contribution in [2.75, 3.05) is 40.8 Å². The van der Waals surface area contributed by atoms with Crippen LogP contribution in [-0.4, -0.2) is 74.0 Å². The van der Waals surface area contributed by atoms with Crippen LogP contribution in [0.4, 0.5) is 0 Å². The normalized spacial score (nSPS) is 19.4. The fourth-order valence-electron chi connectivity index (χ4n) is 5.22. The van der Waals surface area contributed by atoms with Crippen LogP contribution >= 0.6 is 0 Å². The number of rotatable bonds is 8. The SMILES string of the molecule is CNC(=O)c1cccc(C2[C@@H](C(=O)c3ccccc3)CN(CC(=O)N(C)C)C[C@H]2C(=O)c2ccccc2)c1. The van der Waals surface area contributed by atoms with Crippen molar-refractivity contribution < 1.29 is 19.2 Å². The summed E-state index contributed by atoms with van der Waals surface area (Å²) in [7, 11) is 4.95. The Kier molecular flexibility index (Phi) is 8.48. The molecule has 1 aliphatic rings. The van der Waals surface area contributed by atoms with Crippen LogP contribution in [0, 0.1) is 11.8 Å². The number of carbonyl (C=O) groups is 4. The van der Waals surface area contributed by atoms with Gasteiger partial charge in [0.05, 0.1) is 6.54 Å². The Labute approximate surface area is 223 Å². The van der Waals surface area contributed by atoms with E-state index in [1.165, 1.54) is 4.90 Å². The lowest BCUT2D eigenvalue weighted by molar-refractivity contribution is -0.130. The Balaban J connectivity index is 1.84. The van der Waals surface area contributed by atoms with Crippen molar-refractivity contribution in [2.45, 2.75) is 5.92 Å². The Morgan fingerprint density at radius 2 is 1.26 bits per heavy atom. The fraction of sp³-hybridized carbons (Fsp3) is 0.290. The van der Waals surface area contributed by atoms with E-state index in [0.29, 0.717) is 29.8 Å². The molecular weight excluding hydrogens is 478 g/mol. The van der Waals surface area contributed by atoms with E-state index in [-0.39, 0.29) is 29.9 Å². The Morgan fingerprint density at radius 3 is 1.74 bits per heavy atom. The number of likely N-dealkylation sites (N-methyl/N-ethyl adjacent to an activating group) is 1. The van der Waals surface area contributed by atoms with Gasteiger partial charge in [0.2, 0.25) is 5.91 Å². The minimum atomic E-state index is -0.598. The van der Waals surface area contributed by atoms with Gasteiger partial charge in [0.15, 0.2) is 11.6 Å². The monoisotopic (exact) mass is 511 g/mol. The van der Waals surface area contributed by atoms with Gasteiger partial charge in [-0.25, -0.2) is 0 Å². The van der Waals surface area contributed by atoms with Crippen LogP contribution < -0.4 is 5.32 Å². The van der Waals surface area contributed by atoms with E-state index in [1.807, 2.05) is 47.4 Å². The molecule has 3 aromatic carbocycles. The minimum Gasteiger partial charge on any atom is -0.355 e. The summed E-state index contributed by atoms with van der Waals surface area (Å²) in [5.41, 5.74) is 2.33. The highest BCUT2D eigenvalue weighted by Gasteiger charge is 2.45. The zero-order valence-corrected chi connectivity index (χ0v) is 22.0. The van der Waals surface area contributed by atoms with Gasteiger partial charge in [-0.1, -0.05) is 72.8 Å². The Hall–Kier alpha value is -4.10. The lowest BCUT2D eigenvalue weighted by Crippen LogP contribution is -2.52. The second-order valence-electron chi connectivity index (χ2n) is 9.89. The molecule has 0 saturated carbocycles. The molecule has 1 aliphatic heterocycles. The van der Waals surface area contributed by atoms with Crippen LogP contribution in [0.1, 0.15) is 42.6 Å². The summed E-state index contributed by atoms with van der Waals surface area (Å²) < 4.78 is 0. The maximum absolute atomic E-state index is 14.0. The Bertz CT molecular complexity index is 1250. The first-order chi connectivity index (χ1) is 18.3. The van der Waals surface area contributed by atoms with Gasteiger partial charge in [-0.3, -0.25) is 24.1 Å². The first-order valence-corrected chi connectivity index (χ1v) is 12.7. The molecule has 3 atom stereocenters. The molecule has 0 radical (unpaired) electrons. The number of nitrogens with zero attached hydrogens (tertiary/aromatic N) is 2. The van der Waals surface area contributed by atoms with Crippen LogP contribution in [0.3, 0.4) is 0 Å². The van der Waals surface area contributed by atoms with Crippen LogP contribution in [0.15, 0.2) is 84.9 Å². The zero-order chi connectivity index (χ0) is 27.2. The number of nitrogens with one attached hydrogen (secondary N) is 1.